The summed E-state index contributed by atoms with van der Waals surface area (Å²) in [6.45, 7) is 3.82. The van der Waals surface area contributed by atoms with E-state index < -0.39 is 10.0 Å². The van der Waals surface area contributed by atoms with Crippen LogP contribution < -0.4 is 5.32 Å². The quantitative estimate of drug-likeness (QED) is 0.834. The van der Waals surface area contributed by atoms with E-state index in [0.717, 1.165) is 12.1 Å². The summed E-state index contributed by atoms with van der Waals surface area (Å²) in [4.78, 5) is 4.16. The zero-order valence-electron chi connectivity index (χ0n) is 12.4. The Morgan fingerprint density at radius 2 is 2.24 bits per heavy atom. The van der Waals surface area contributed by atoms with Crippen molar-refractivity contribution in [3.8, 4) is 0 Å². The van der Waals surface area contributed by atoms with E-state index in [-0.39, 0.29) is 6.54 Å². The normalized spacial score (nSPS) is 12.2. The molecule has 0 fully saturated rings. The Hall–Kier alpha value is -1.22. The SMILES string of the molecule is CCNCc1csc(S(=O)(=O)N(C)Cc2nccn2C)c1. The van der Waals surface area contributed by atoms with Crippen LogP contribution in [0.15, 0.2) is 28.0 Å². The summed E-state index contributed by atoms with van der Waals surface area (Å²) < 4.78 is 28.6. The number of thiophene rings is 1. The van der Waals surface area contributed by atoms with Crippen LogP contribution in [-0.2, 0) is 30.2 Å². The Labute approximate surface area is 129 Å². The standard InChI is InChI=1S/C13H20N4O2S2/c1-4-14-8-11-7-13(20-10-11)21(18,19)17(3)9-12-15-5-6-16(12)2/h5-7,10,14H,4,8-9H2,1-3H3. The molecular weight excluding hydrogens is 308 g/mol. The largest absolute Gasteiger partial charge is 0.337 e. The first kappa shape index (κ1) is 16.2. The van der Waals surface area contributed by atoms with Gasteiger partial charge in [-0.3, -0.25) is 0 Å². The van der Waals surface area contributed by atoms with Crippen LogP contribution in [0.2, 0.25) is 0 Å². The molecule has 0 aliphatic carbocycles. The fourth-order valence-corrected chi connectivity index (χ4v) is 4.38. The minimum absolute atomic E-state index is 0.256. The van der Waals surface area contributed by atoms with Crippen molar-refractivity contribution in [2.45, 2.75) is 24.2 Å². The molecule has 0 aliphatic heterocycles. The van der Waals surface area contributed by atoms with Crippen molar-refractivity contribution in [1.29, 1.82) is 0 Å². The van der Waals surface area contributed by atoms with E-state index >= 15 is 0 Å². The van der Waals surface area contributed by atoms with Crippen LogP contribution in [0.25, 0.3) is 0 Å². The van der Waals surface area contributed by atoms with Crippen LogP contribution in [0.3, 0.4) is 0 Å². The van der Waals surface area contributed by atoms with Crippen LogP contribution in [0.1, 0.15) is 18.3 Å². The van der Waals surface area contributed by atoms with Crippen molar-refractivity contribution in [3.05, 3.63) is 35.2 Å². The highest BCUT2D eigenvalue weighted by atomic mass is 32.2. The highest BCUT2D eigenvalue weighted by molar-refractivity contribution is 7.91. The molecule has 0 unspecified atom stereocenters. The molecule has 0 spiro atoms. The summed E-state index contributed by atoms with van der Waals surface area (Å²) in [5, 5.41) is 5.07. The second-order valence-corrected chi connectivity index (χ2v) is 7.95. The van der Waals surface area contributed by atoms with Gasteiger partial charge in [0.1, 0.15) is 10.0 Å². The maximum absolute atomic E-state index is 12.5. The molecule has 0 radical (unpaired) electrons. The predicted octanol–water partition coefficient (Wildman–Crippen LogP) is 1.41. The smallest absolute Gasteiger partial charge is 0.252 e. The minimum atomic E-state index is -3.47. The van der Waals surface area contributed by atoms with E-state index in [9.17, 15) is 8.42 Å². The maximum Gasteiger partial charge on any atom is 0.252 e. The van der Waals surface area contributed by atoms with Crippen molar-refractivity contribution in [2.75, 3.05) is 13.6 Å². The van der Waals surface area contributed by atoms with E-state index in [4.69, 9.17) is 0 Å². The number of nitrogens with one attached hydrogen (secondary N) is 1. The van der Waals surface area contributed by atoms with Crippen molar-refractivity contribution in [1.82, 2.24) is 19.2 Å². The molecule has 2 aromatic rings. The lowest BCUT2D eigenvalue weighted by molar-refractivity contribution is 0.452. The lowest BCUT2D eigenvalue weighted by Gasteiger charge is -2.15. The Balaban J connectivity index is 2.13. The van der Waals surface area contributed by atoms with Gasteiger partial charge in [0.15, 0.2) is 0 Å². The highest BCUT2D eigenvalue weighted by Gasteiger charge is 2.23. The van der Waals surface area contributed by atoms with E-state index in [0.29, 0.717) is 16.6 Å². The van der Waals surface area contributed by atoms with Crippen molar-refractivity contribution in [3.63, 3.8) is 0 Å². The summed E-state index contributed by atoms with van der Waals surface area (Å²) in [5.74, 6) is 0.713. The first-order chi connectivity index (χ1) is 9.95. The minimum Gasteiger partial charge on any atom is -0.337 e. The molecule has 0 amide bonds. The van der Waals surface area contributed by atoms with Gasteiger partial charge in [-0.05, 0) is 23.6 Å². The van der Waals surface area contributed by atoms with Gasteiger partial charge in [0.25, 0.3) is 10.0 Å². The van der Waals surface area contributed by atoms with Crippen molar-refractivity contribution in [2.24, 2.45) is 7.05 Å². The molecule has 0 aliphatic rings. The second kappa shape index (κ2) is 6.69. The van der Waals surface area contributed by atoms with Gasteiger partial charge in [-0.15, -0.1) is 11.3 Å². The third-order valence-electron chi connectivity index (χ3n) is 3.16. The lowest BCUT2D eigenvalue weighted by atomic mass is 10.3. The Bertz CT molecular complexity index is 691. The third-order valence-corrected chi connectivity index (χ3v) is 6.43. The zero-order valence-corrected chi connectivity index (χ0v) is 14.0. The molecule has 2 rings (SSSR count). The molecule has 0 bridgehead atoms. The monoisotopic (exact) mass is 328 g/mol. The molecule has 1 N–H and O–H groups in total. The lowest BCUT2D eigenvalue weighted by Crippen LogP contribution is -2.27. The first-order valence-electron chi connectivity index (χ1n) is 6.65. The molecule has 8 heteroatoms. The van der Waals surface area contributed by atoms with Gasteiger partial charge in [0, 0.05) is 33.0 Å². The van der Waals surface area contributed by atoms with Gasteiger partial charge in [0.05, 0.1) is 6.54 Å². The predicted molar refractivity (Wildman–Crippen MR) is 83.6 cm³/mol. The van der Waals surface area contributed by atoms with E-state index in [1.165, 1.54) is 15.6 Å². The van der Waals surface area contributed by atoms with Crippen molar-refractivity contribution >= 4 is 21.4 Å². The zero-order chi connectivity index (χ0) is 15.5. The van der Waals surface area contributed by atoms with Crippen LogP contribution in [0.5, 0.6) is 0 Å². The van der Waals surface area contributed by atoms with E-state index in [1.807, 2.05) is 23.9 Å². The fraction of sp³-hybridized carbons (Fsp3) is 0.462. The summed E-state index contributed by atoms with van der Waals surface area (Å²) >= 11 is 1.26. The number of aromatic nitrogens is 2. The average molecular weight is 328 g/mol. The van der Waals surface area contributed by atoms with E-state index in [2.05, 4.69) is 10.3 Å². The number of rotatable bonds is 7. The molecule has 2 heterocycles. The number of aryl methyl sites for hydroxylation is 1. The average Bonchev–Trinajstić information content (AvgIpc) is 3.06. The molecule has 0 atom stereocenters. The molecule has 116 valence electrons. The summed E-state index contributed by atoms with van der Waals surface area (Å²) in [6.07, 6.45) is 3.46. The summed E-state index contributed by atoms with van der Waals surface area (Å²) in [5.41, 5.74) is 0.991. The maximum atomic E-state index is 12.5. The van der Waals surface area contributed by atoms with Crippen LogP contribution in [0.4, 0.5) is 0 Å². The van der Waals surface area contributed by atoms with Gasteiger partial charge >= 0.3 is 0 Å². The summed E-state index contributed by atoms with van der Waals surface area (Å²) in [7, 11) is -0.0385. The number of nitrogens with zero attached hydrogens (tertiary/aromatic N) is 3. The molecule has 2 aromatic heterocycles. The van der Waals surface area contributed by atoms with Gasteiger partial charge in [-0.2, -0.15) is 4.31 Å². The van der Waals surface area contributed by atoms with Gasteiger partial charge in [-0.1, -0.05) is 6.92 Å². The fourth-order valence-electron chi connectivity index (χ4n) is 1.84. The number of hydrogen-bond donors (Lipinski definition) is 1. The van der Waals surface area contributed by atoms with Gasteiger partial charge in [0.2, 0.25) is 0 Å². The molecule has 0 aromatic carbocycles. The highest BCUT2D eigenvalue weighted by Crippen LogP contribution is 2.24. The molecular formula is C13H20N4O2S2. The van der Waals surface area contributed by atoms with E-state index in [1.54, 1.807) is 25.5 Å². The van der Waals surface area contributed by atoms with Gasteiger partial charge < -0.3 is 9.88 Å². The molecule has 0 saturated heterocycles. The number of sulfonamides is 1. The molecule has 6 nitrogen and oxygen atoms in total. The second-order valence-electron chi connectivity index (χ2n) is 4.77. The van der Waals surface area contributed by atoms with Gasteiger partial charge in [-0.25, -0.2) is 13.4 Å². The molecule has 0 saturated carbocycles. The van der Waals surface area contributed by atoms with Crippen LogP contribution >= 0.6 is 11.3 Å². The first-order valence-corrected chi connectivity index (χ1v) is 8.97. The topological polar surface area (TPSA) is 67.2 Å². The Kier molecular flexibility index (Phi) is 5.15. The summed E-state index contributed by atoms with van der Waals surface area (Å²) in [6, 6.07) is 1.73. The third kappa shape index (κ3) is 3.70. The Morgan fingerprint density at radius 3 is 2.86 bits per heavy atom. The Morgan fingerprint density at radius 1 is 1.48 bits per heavy atom. The molecule has 21 heavy (non-hydrogen) atoms. The van der Waals surface area contributed by atoms with Crippen molar-refractivity contribution < 1.29 is 8.42 Å². The number of hydrogen-bond acceptors (Lipinski definition) is 5. The van der Waals surface area contributed by atoms with Crippen LogP contribution in [-0.4, -0.2) is 35.9 Å². The van der Waals surface area contributed by atoms with Crippen LogP contribution in [0, 0.1) is 0 Å². The number of imidazole rings is 1.